The summed E-state index contributed by atoms with van der Waals surface area (Å²) in [6.07, 6.45) is 6.08. The SMILES string of the molecule is C=CCCCOC(=O)[C@H]1[C@@H]2OC3(CC2Br)C(C(=O)N(CC=C)C(C)(C)CC(C)(C)C)N([C@@H](CO)[C@@H](C)CC)C(=O)[C@H]13. The number of halogens is 1. The van der Waals surface area contributed by atoms with Crippen LogP contribution in [0.3, 0.4) is 0 Å². The van der Waals surface area contributed by atoms with E-state index in [0.29, 0.717) is 32.2 Å². The molecule has 8 atom stereocenters. The van der Waals surface area contributed by atoms with Gasteiger partial charge < -0.3 is 24.4 Å². The van der Waals surface area contributed by atoms with Crippen molar-refractivity contribution in [3.05, 3.63) is 25.3 Å². The predicted molar refractivity (Wildman–Crippen MR) is 163 cm³/mol. The van der Waals surface area contributed by atoms with Crippen LogP contribution in [0.2, 0.25) is 0 Å². The number of rotatable bonds is 14. The molecule has 0 aromatic carbocycles. The topological polar surface area (TPSA) is 96.4 Å². The van der Waals surface area contributed by atoms with Crippen molar-refractivity contribution < 1.29 is 29.0 Å². The maximum Gasteiger partial charge on any atom is 0.312 e. The maximum absolute atomic E-state index is 14.9. The van der Waals surface area contributed by atoms with Crippen LogP contribution in [0.4, 0.5) is 0 Å². The summed E-state index contributed by atoms with van der Waals surface area (Å²) in [4.78, 5) is 46.0. The average molecular weight is 640 g/mol. The molecule has 3 rings (SSSR count). The predicted octanol–water partition coefficient (Wildman–Crippen LogP) is 4.88. The number of fused-ring (bicyclic) bond motifs is 1. The number of aliphatic hydroxyl groups excluding tert-OH is 1. The third kappa shape index (κ3) is 6.32. The molecule has 3 saturated heterocycles. The summed E-state index contributed by atoms with van der Waals surface area (Å²) in [5.41, 5.74) is -1.84. The number of hydrogen-bond donors (Lipinski definition) is 1. The third-order valence-corrected chi connectivity index (χ3v) is 9.99. The molecule has 8 nitrogen and oxygen atoms in total. The number of nitrogens with zero attached hydrogens (tertiary/aromatic N) is 2. The van der Waals surface area contributed by atoms with Gasteiger partial charge in [-0.2, -0.15) is 0 Å². The van der Waals surface area contributed by atoms with Crippen molar-refractivity contribution in [3.63, 3.8) is 0 Å². The minimum Gasteiger partial charge on any atom is -0.465 e. The summed E-state index contributed by atoms with van der Waals surface area (Å²) in [5.74, 6) is -2.81. The largest absolute Gasteiger partial charge is 0.465 e. The second-order valence-corrected chi connectivity index (χ2v) is 15.1. The van der Waals surface area contributed by atoms with E-state index in [-0.39, 0.29) is 41.2 Å². The molecule has 1 N–H and O–H groups in total. The summed E-state index contributed by atoms with van der Waals surface area (Å²) in [5, 5.41) is 10.6. The molecule has 232 valence electrons. The minimum atomic E-state index is -1.21. The lowest BCUT2D eigenvalue weighted by Gasteiger charge is -2.47. The first-order valence-corrected chi connectivity index (χ1v) is 16.0. The van der Waals surface area contributed by atoms with E-state index in [0.717, 1.165) is 6.42 Å². The summed E-state index contributed by atoms with van der Waals surface area (Å²) >= 11 is 3.72. The lowest BCUT2D eigenvalue weighted by Crippen LogP contribution is -2.63. The molecule has 9 heteroatoms. The summed E-state index contributed by atoms with van der Waals surface area (Å²) in [6.45, 7) is 22.3. The van der Waals surface area contributed by atoms with Gasteiger partial charge in [-0.05, 0) is 50.9 Å². The number of aliphatic hydroxyl groups is 1. The molecular formula is C32H51BrN2O6. The van der Waals surface area contributed by atoms with Crippen LogP contribution in [0.5, 0.6) is 0 Å². The van der Waals surface area contributed by atoms with Gasteiger partial charge in [-0.25, -0.2) is 0 Å². The normalized spacial score (nSPS) is 30.6. The molecule has 3 aliphatic rings. The molecule has 0 aromatic rings. The Morgan fingerprint density at radius 1 is 1.27 bits per heavy atom. The molecule has 3 aliphatic heterocycles. The van der Waals surface area contributed by atoms with Gasteiger partial charge in [0.15, 0.2) is 0 Å². The second-order valence-electron chi connectivity index (χ2n) is 13.9. The highest BCUT2D eigenvalue weighted by Gasteiger charge is 2.78. The van der Waals surface area contributed by atoms with Gasteiger partial charge >= 0.3 is 5.97 Å². The van der Waals surface area contributed by atoms with Crippen LogP contribution in [0.1, 0.15) is 80.6 Å². The number of carbonyl (C=O) groups is 3. The van der Waals surface area contributed by atoms with Crippen molar-refractivity contribution >= 4 is 33.7 Å². The van der Waals surface area contributed by atoms with Crippen LogP contribution < -0.4 is 0 Å². The number of alkyl halides is 1. The van der Waals surface area contributed by atoms with Gasteiger partial charge in [0.25, 0.3) is 0 Å². The molecule has 0 saturated carbocycles. The molecular weight excluding hydrogens is 588 g/mol. The molecule has 0 aliphatic carbocycles. The van der Waals surface area contributed by atoms with E-state index in [1.54, 1.807) is 22.0 Å². The standard InChI is InChI=1S/C32H51BrN2O6/c1-10-13-14-16-40-29(39)23-24-27(37)35(22(18-36)20(4)12-3)26(32(24)17-21(33)25(23)41-32)28(38)34(15-11-2)31(8,9)19-30(5,6)7/h10-11,20-26,36H,1-2,12-19H2,3-9H3/t20-,21?,22-,23+,24-,25+,26?,32?/m0/s1. The molecule has 41 heavy (non-hydrogen) atoms. The smallest absolute Gasteiger partial charge is 0.312 e. The van der Waals surface area contributed by atoms with Crippen molar-refractivity contribution in [2.45, 2.75) is 115 Å². The molecule has 1 spiro atoms. The van der Waals surface area contributed by atoms with E-state index in [9.17, 15) is 19.5 Å². The second kappa shape index (κ2) is 12.9. The van der Waals surface area contributed by atoms with E-state index >= 15 is 0 Å². The molecule has 3 unspecified atom stereocenters. The van der Waals surface area contributed by atoms with Crippen LogP contribution >= 0.6 is 15.9 Å². The van der Waals surface area contributed by atoms with Gasteiger partial charge in [-0.1, -0.05) is 69.1 Å². The van der Waals surface area contributed by atoms with Crippen molar-refractivity contribution in [1.29, 1.82) is 0 Å². The van der Waals surface area contributed by atoms with Crippen LogP contribution in [0, 0.1) is 23.2 Å². The Morgan fingerprint density at radius 3 is 2.46 bits per heavy atom. The van der Waals surface area contributed by atoms with Gasteiger partial charge in [-0.3, -0.25) is 14.4 Å². The van der Waals surface area contributed by atoms with Crippen LogP contribution in [0.25, 0.3) is 0 Å². The highest BCUT2D eigenvalue weighted by molar-refractivity contribution is 9.09. The van der Waals surface area contributed by atoms with Gasteiger partial charge in [0.2, 0.25) is 11.8 Å². The molecule has 2 amide bonds. The van der Waals surface area contributed by atoms with E-state index < -0.39 is 47.1 Å². The summed E-state index contributed by atoms with van der Waals surface area (Å²) in [7, 11) is 0. The number of hydrogen-bond acceptors (Lipinski definition) is 6. The van der Waals surface area contributed by atoms with Gasteiger partial charge in [0, 0.05) is 16.9 Å². The zero-order valence-corrected chi connectivity index (χ0v) is 27.6. The number of amides is 2. The molecule has 3 fully saturated rings. The molecule has 0 radical (unpaired) electrons. The van der Waals surface area contributed by atoms with E-state index in [1.165, 1.54) is 0 Å². The maximum atomic E-state index is 14.9. The number of likely N-dealkylation sites (tertiary alicyclic amines) is 1. The Balaban J connectivity index is 2.13. The number of esters is 1. The van der Waals surface area contributed by atoms with E-state index in [4.69, 9.17) is 9.47 Å². The number of carbonyl (C=O) groups excluding carboxylic acids is 3. The fourth-order valence-corrected chi connectivity index (χ4v) is 8.53. The molecule has 3 heterocycles. The highest BCUT2D eigenvalue weighted by Crippen LogP contribution is 2.61. The first-order valence-electron chi connectivity index (χ1n) is 15.1. The lowest BCUT2D eigenvalue weighted by molar-refractivity contribution is -0.158. The first kappa shape index (κ1) is 33.8. The van der Waals surface area contributed by atoms with Crippen LogP contribution in [0.15, 0.2) is 25.3 Å². The average Bonchev–Trinajstić information content (AvgIpc) is 3.47. The number of allylic oxidation sites excluding steroid dienone is 1. The third-order valence-electron chi connectivity index (χ3n) is 9.15. The van der Waals surface area contributed by atoms with E-state index in [1.807, 2.05) is 27.7 Å². The highest BCUT2D eigenvalue weighted by atomic mass is 79.9. The Labute approximate surface area is 255 Å². The minimum absolute atomic E-state index is 0.0662. The quantitative estimate of drug-likeness (QED) is 0.126. The fourth-order valence-electron chi connectivity index (χ4n) is 7.59. The molecule has 0 aromatic heterocycles. The summed E-state index contributed by atoms with van der Waals surface area (Å²) < 4.78 is 12.3. The van der Waals surface area contributed by atoms with Crippen molar-refractivity contribution in [2.75, 3.05) is 19.8 Å². The fraction of sp³-hybridized carbons (Fsp3) is 0.781. The Hall–Kier alpha value is -1.71. The number of ether oxygens (including phenoxy) is 2. The van der Waals surface area contributed by atoms with Crippen LogP contribution in [-0.4, -0.2) is 86.6 Å². The van der Waals surface area contributed by atoms with Gasteiger partial charge in [-0.15, -0.1) is 13.2 Å². The van der Waals surface area contributed by atoms with Crippen molar-refractivity contribution in [2.24, 2.45) is 23.2 Å². The zero-order valence-electron chi connectivity index (χ0n) is 26.0. The Bertz CT molecular complexity index is 1010. The number of unbranched alkanes of at least 4 members (excludes halogenated alkanes) is 1. The lowest BCUT2D eigenvalue weighted by atomic mass is 9.70. The van der Waals surface area contributed by atoms with Crippen LogP contribution in [-0.2, 0) is 23.9 Å². The van der Waals surface area contributed by atoms with Crippen molar-refractivity contribution in [3.8, 4) is 0 Å². The Kier molecular flexibility index (Phi) is 10.6. The van der Waals surface area contributed by atoms with Gasteiger partial charge in [0.1, 0.15) is 11.6 Å². The van der Waals surface area contributed by atoms with Crippen molar-refractivity contribution in [1.82, 2.24) is 9.80 Å². The first-order chi connectivity index (χ1) is 19.1. The zero-order chi connectivity index (χ0) is 30.9. The Morgan fingerprint density at radius 2 is 1.93 bits per heavy atom. The summed E-state index contributed by atoms with van der Waals surface area (Å²) in [6, 6.07) is -1.59. The van der Waals surface area contributed by atoms with Gasteiger partial charge in [0.05, 0.1) is 37.2 Å². The molecule has 2 bridgehead atoms. The monoisotopic (exact) mass is 638 g/mol. The van der Waals surface area contributed by atoms with E-state index in [2.05, 4.69) is 49.9 Å².